The zero-order valence-electron chi connectivity index (χ0n) is 10.4. The van der Waals surface area contributed by atoms with Crippen molar-refractivity contribution in [2.75, 3.05) is 12.0 Å². The lowest BCUT2D eigenvalue weighted by atomic mass is 9.77. The Labute approximate surface area is 118 Å². The number of rotatable bonds is 4. The van der Waals surface area contributed by atoms with Crippen molar-refractivity contribution in [1.82, 2.24) is 0 Å². The molecule has 1 aromatic carbocycles. The van der Waals surface area contributed by atoms with E-state index in [1.807, 2.05) is 11.8 Å². The van der Waals surface area contributed by atoms with E-state index in [9.17, 15) is 0 Å². The van der Waals surface area contributed by atoms with Crippen molar-refractivity contribution in [3.05, 3.63) is 35.9 Å². The number of benzene rings is 1. The number of thioether (sulfide) groups is 1. The molecule has 0 N–H and O–H groups in total. The summed E-state index contributed by atoms with van der Waals surface area (Å²) in [6.45, 7) is 0. The van der Waals surface area contributed by atoms with Gasteiger partial charge in [0.05, 0.1) is 0 Å². The van der Waals surface area contributed by atoms with E-state index in [-0.39, 0.29) is 0 Å². The fourth-order valence-corrected chi connectivity index (χ4v) is 4.11. The van der Waals surface area contributed by atoms with Crippen LogP contribution in [0.25, 0.3) is 0 Å². The summed E-state index contributed by atoms with van der Waals surface area (Å²) in [5.74, 6) is 2.95. The average molecular weight is 313 g/mol. The van der Waals surface area contributed by atoms with Gasteiger partial charge in [-0.2, -0.15) is 11.8 Å². The minimum absolute atomic E-state index is 0.745. The normalized spacial score (nSPS) is 29.2. The second kappa shape index (κ2) is 6.84. The molecule has 17 heavy (non-hydrogen) atoms. The van der Waals surface area contributed by atoms with E-state index in [0.717, 1.165) is 16.7 Å². The van der Waals surface area contributed by atoms with Gasteiger partial charge in [0.15, 0.2) is 0 Å². The van der Waals surface area contributed by atoms with E-state index in [4.69, 9.17) is 0 Å². The van der Waals surface area contributed by atoms with Crippen LogP contribution in [-0.2, 0) is 0 Å². The maximum absolute atomic E-state index is 3.88. The van der Waals surface area contributed by atoms with E-state index in [1.165, 1.54) is 31.4 Å². The summed E-state index contributed by atoms with van der Waals surface area (Å²) in [5, 5.41) is 0. The Morgan fingerprint density at radius 2 is 2.00 bits per heavy atom. The quantitative estimate of drug-likeness (QED) is 0.698. The van der Waals surface area contributed by atoms with Gasteiger partial charge in [-0.25, -0.2) is 0 Å². The summed E-state index contributed by atoms with van der Waals surface area (Å²) in [7, 11) is 0. The molecule has 0 aromatic heterocycles. The smallest absolute Gasteiger partial charge is 0.0174 e. The SMILES string of the molecule is CSCCC1CC(c2ccccc2)CCC1Br. The zero-order chi connectivity index (χ0) is 12.1. The standard InChI is InChI=1S/C15H21BrS/c1-17-10-9-14-11-13(7-8-15(14)16)12-5-3-2-4-6-12/h2-6,13-15H,7-11H2,1H3. The number of halogens is 1. The predicted octanol–water partition coefficient (Wildman–Crippen LogP) is 5.09. The van der Waals surface area contributed by atoms with Crippen LogP contribution in [0, 0.1) is 5.92 Å². The van der Waals surface area contributed by atoms with Gasteiger partial charge in [0.25, 0.3) is 0 Å². The van der Waals surface area contributed by atoms with Crippen LogP contribution in [0.15, 0.2) is 30.3 Å². The molecule has 0 radical (unpaired) electrons. The number of hydrogen-bond donors (Lipinski definition) is 0. The fourth-order valence-electron chi connectivity index (χ4n) is 2.82. The van der Waals surface area contributed by atoms with Crippen molar-refractivity contribution >= 4 is 27.7 Å². The molecule has 0 saturated heterocycles. The van der Waals surface area contributed by atoms with Crippen molar-refractivity contribution in [3.8, 4) is 0 Å². The Balaban J connectivity index is 1.97. The highest BCUT2D eigenvalue weighted by Gasteiger charge is 2.28. The van der Waals surface area contributed by atoms with Gasteiger partial charge < -0.3 is 0 Å². The van der Waals surface area contributed by atoms with Gasteiger partial charge in [0.2, 0.25) is 0 Å². The molecule has 0 aliphatic heterocycles. The van der Waals surface area contributed by atoms with E-state index in [0.29, 0.717) is 0 Å². The number of alkyl halides is 1. The molecule has 1 aromatic rings. The van der Waals surface area contributed by atoms with Gasteiger partial charge in [-0.15, -0.1) is 0 Å². The summed E-state index contributed by atoms with van der Waals surface area (Å²) in [6, 6.07) is 11.1. The Kier molecular flexibility index (Phi) is 5.43. The Bertz CT molecular complexity index is 325. The summed E-state index contributed by atoms with van der Waals surface area (Å²) in [4.78, 5) is 0.745. The van der Waals surface area contributed by atoms with Gasteiger partial charge in [-0.3, -0.25) is 0 Å². The molecule has 1 aliphatic carbocycles. The first kappa shape index (κ1) is 13.5. The molecule has 0 amide bonds. The van der Waals surface area contributed by atoms with Crippen LogP contribution in [0.1, 0.15) is 37.2 Å². The lowest BCUT2D eigenvalue weighted by Gasteiger charge is -2.33. The first-order valence-electron chi connectivity index (χ1n) is 6.49. The molecular formula is C15H21BrS. The van der Waals surface area contributed by atoms with Crippen molar-refractivity contribution < 1.29 is 0 Å². The minimum Gasteiger partial charge on any atom is -0.165 e. The molecular weight excluding hydrogens is 292 g/mol. The molecule has 2 heteroatoms. The molecule has 0 nitrogen and oxygen atoms in total. The second-order valence-electron chi connectivity index (χ2n) is 4.98. The summed E-state index contributed by atoms with van der Waals surface area (Å²) in [6.07, 6.45) is 7.61. The minimum atomic E-state index is 0.745. The zero-order valence-corrected chi connectivity index (χ0v) is 12.8. The third kappa shape index (κ3) is 3.75. The van der Waals surface area contributed by atoms with Gasteiger partial charge in [-0.05, 0) is 55.1 Å². The Morgan fingerprint density at radius 1 is 1.24 bits per heavy atom. The number of hydrogen-bond acceptors (Lipinski definition) is 1. The molecule has 1 aliphatic rings. The highest BCUT2D eigenvalue weighted by atomic mass is 79.9. The first-order chi connectivity index (χ1) is 8.31. The molecule has 0 heterocycles. The van der Waals surface area contributed by atoms with Crippen LogP contribution in [0.3, 0.4) is 0 Å². The van der Waals surface area contributed by atoms with Gasteiger partial charge in [0, 0.05) is 4.83 Å². The molecule has 0 spiro atoms. The monoisotopic (exact) mass is 312 g/mol. The van der Waals surface area contributed by atoms with Crippen LogP contribution in [0.4, 0.5) is 0 Å². The first-order valence-corrected chi connectivity index (χ1v) is 8.80. The highest BCUT2D eigenvalue weighted by molar-refractivity contribution is 9.09. The lowest BCUT2D eigenvalue weighted by Crippen LogP contribution is -2.24. The molecule has 3 atom stereocenters. The lowest BCUT2D eigenvalue weighted by molar-refractivity contribution is 0.331. The highest BCUT2D eigenvalue weighted by Crippen LogP contribution is 2.41. The summed E-state index contributed by atoms with van der Waals surface area (Å²) in [5.41, 5.74) is 1.54. The van der Waals surface area contributed by atoms with Gasteiger partial charge >= 0.3 is 0 Å². The topological polar surface area (TPSA) is 0 Å². The second-order valence-corrected chi connectivity index (χ2v) is 7.14. The third-order valence-electron chi connectivity index (χ3n) is 3.85. The predicted molar refractivity (Wildman–Crippen MR) is 82.2 cm³/mol. The van der Waals surface area contributed by atoms with E-state index >= 15 is 0 Å². The van der Waals surface area contributed by atoms with Crippen LogP contribution in [0.5, 0.6) is 0 Å². The van der Waals surface area contributed by atoms with Crippen LogP contribution in [-0.4, -0.2) is 16.8 Å². The van der Waals surface area contributed by atoms with E-state index < -0.39 is 0 Å². The van der Waals surface area contributed by atoms with Gasteiger partial charge in [0.1, 0.15) is 0 Å². The van der Waals surface area contributed by atoms with Crippen LogP contribution >= 0.6 is 27.7 Å². The van der Waals surface area contributed by atoms with Gasteiger partial charge in [-0.1, -0.05) is 46.3 Å². The Hall–Kier alpha value is 0.0500. The molecule has 94 valence electrons. The van der Waals surface area contributed by atoms with Crippen molar-refractivity contribution in [2.45, 2.75) is 36.4 Å². The summed E-state index contributed by atoms with van der Waals surface area (Å²) < 4.78 is 0. The molecule has 0 bridgehead atoms. The molecule has 3 unspecified atom stereocenters. The molecule has 1 saturated carbocycles. The van der Waals surface area contributed by atoms with Crippen molar-refractivity contribution in [3.63, 3.8) is 0 Å². The largest absolute Gasteiger partial charge is 0.165 e. The van der Waals surface area contributed by atoms with Crippen LogP contribution < -0.4 is 0 Å². The van der Waals surface area contributed by atoms with E-state index in [1.54, 1.807) is 5.56 Å². The fraction of sp³-hybridized carbons (Fsp3) is 0.600. The third-order valence-corrected chi connectivity index (χ3v) is 5.70. The maximum Gasteiger partial charge on any atom is 0.0174 e. The Morgan fingerprint density at radius 3 is 2.71 bits per heavy atom. The van der Waals surface area contributed by atoms with Crippen LogP contribution in [0.2, 0.25) is 0 Å². The average Bonchev–Trinajstić information content (AvgIpc) is 2.39. The van der Waals surface area contributed by atoms with Crippen molar-refractivity contribution in [2.24, 2.45) is 5.92 Å². The van der Waals surface area contributed by atoms with E-state index in [2.05, 4.69) is 52.5 Å². The molecule has 2 rings (SSSR count). The van der Waals surface area contributed by atoms with Crippen molar-refractivity contribution in [1.29, 1.82) is 0 Å². The maximum atomic E-state index is 3.88. The molecule has 1 fully saturated rings. The summed E-state index contributed by atoms with van der Waals surface area (Å²) >= 11 is 5.85.